The van der Waals surface area contributed by atoms with Gasteiger partial charge in [-0.3, -0.25) is 4.79 Å². The molecule has 1 atom stereocenters. The van der Waals surface area contributed by atoms with Crippen molar-refractivity contribution in [2.24, 2.45) is 5.92 Å². The number of carbonyl (C=O) groups excluding carboxylic acids is 1. The Labute approximate surface area is 154 Å². The second kappa shape index (κ2) is 8.38. The van der Waals surface area contributed by atoms with Crippen LogP contribution in [0.3, 0.4) is 0 Å². The number of likely N-dealkylation sites (tertiary alicyclic amines) is 1. The highest BCUT2D eigenvalue weighted by molar-refractivity contribution is 7.89. The first-order valence-corrected chi connectivity index (χ1v) is 10.3. The highest BCUT2D eigenvalue weighted by Gasteiger charge is 2.33. The number of amides is 1. The summed E-state index contributed by atoms with van der Waals surface area (Å²) >= 11 is 5.94. The number of piperidine rings is 1. The molecule has 1 aromatic rings. The van der Waals surface area contributed by atoms with Gasteiger partial charge in [-0.2, -0.15) is 4.72 Å². The molecule has 0 radical (unpaired) electrons. The summed E-state index contributed by atoms with van der Waals surface area (Å²) in [6.07, 6.45) is 3.00. The molecule has 2 rings (SSSR count). The molecular formula is C17H25ClN2O4S. The lowest BCUT2D eigenvalue weighted by Crippen LogP contribution is -2.52. The molecule has 0 unspecified atom stereocenters. The molecule has 1 amide bonds. The SMILES string of the molecule is COc1ccc(Cl)cc1S(=O)(=O)N[C@H](C(=O)N1CCCCC1)C(C)C. The van der Waals surface area contributed by atoms with E-state index in [1.54, 1.807) is 11.0 Å². The second-order valence-electron chi connectivity index (χ2n) is 6.52. The zero-order valence-electron chi connectivity index (χ0n) is 14.8. The molecule has 1 fully saturated rings. The van der Waals surface area contributed by atoms with Gasteiger partial charge < -0.3 is 9.64 Å². The summed E-state index contributed by atoms with van der Waals surface area (Å²) in [4.78, 5) is 14.5. The molecule has 1 N–H and O–H groups in total. The smallest absolute Gasteiger partial charge is 0.245 e. The summed E-state index contributed by atoms with van der Waals surface area (Å²) in [5, 5.41) is 0.282. The van der Waals surface area contributed by atoms with Crippen molar-refractivity contribution in [3.8, 4) is 5.75 Å². The predicted octanol–water partition coefficient (Wildman–Crippen LogP) is 2.66. The van der Waals surface area contributed by atoms with Crippen LogP contribution in [0.15, 0.2) is 23.1 Å². The van der Waals surface area contributed by atoms with Crippen LogP contribution in [0.4, 0.5) is 0 Å². The highest BCUT2D eigenvalue weighted by Crippen LogP contribution is 2.27. The van der Waals surface area contributed by atoms with E-state index in [1.165, 1.54) is 19.2 Å². The molecule has 25 heavy (non-hydrogen) atoms. The van der Waals surface area contributed by atoms with E-state index in [-0.39, 0.29) is 27.5 Å². The van der Waals surface area contributed by atoms with Gasteiger partial charge in [0.15, 0.2) is 0 Å². The normalized spacial score (nSPS) is 16.8. The fraction of sp³-hybridized carbons (Fsp3) is 0.588. The quantitative estimate of drug-likeness (QED) is 0.812. The molecule has 1 heterocycles. The van der Waals surface area contributed by atoms with Crippen LogP contribution in [0.2, 0.25) is 5.02 Å². The van der Waals surface area contributed by atoms with Gasteiger partial charge in [0.1, 0.15) is 16.7 Å². The van der Waals surface area contributed by atoms with E-state index in [0.29, 0.717) is 13.1 Å². The molecule has 1 saturated heterocycles. The van der Waals surface area contributed by atoms with Gasteiger partial charge in [0, 0.05) is 18.1 Å². The third-order valence-electron chi connectivity index (χ3n) is 4.30. The van der Waals surface area contributed by atoms with Crippen LogP contribution >= 0.6 is 11.6 Å². The number of rotatable bonds is 6. The van der Waals surface area contributed by atoms with E-state index in [2.05, 4.69) is 4.72 Å². The first-order chi connectivity index (χ1) is 11.8. The number of nitrogens with one attached hydrogen (secondary N) is 1. The minimum absolute atomic E-state index is 0.0698. The zero-order valence-corrected chi connectivity index (χ0v) is 16.4. The molecule has 0 bridgehead atoms. The van der Waals surface area contributed by atoms with Crippen LogP contribution in [-0.4, -0.2) is 45.5 Å². The standard InChI is InChI=1S/C17H25ClN2O4S/c1-12(2)16(17(21)20-9-5-4-6-10-20)19-25(22,23)15-11-13(18)7-8-14(15)24-3/h7-8,11-12,16,19H,4-6,9-10H2,1-3H3/t16-/m0/s1. The number of carbonyl (C=O) groups is 1. The summed E-state index contributed by atoms with van der Waals surface area (Å²) in [7, 11) is -2.57. The third-order valence-corrected chi connectivity index (χ3v) is 6.00. The Kier molecular flexibility index (Phi) is 6.71. The molecule has 1 aliphatic rings. The lowest BCUT2D eigenvalue weighted by Gasteiger charge is -2.32. The van der Waals surface area contributed by atoms with E-state index < -0.39 is 16.1 Å². The number of hydrogen-bond donors (Lipinski definition) is 1. The van der Waals surface area contributed by atoms with Gasteiger partial charge in [-0.05, 0) is 43.4 Å². The van der Waals surface area contributed by atoms with Crippen molar-refractivity contribution >= 4 is 27.5 Å². The van der Waals surface area contributed by atoms with Gasteiger partial charge in [0.2, 0.25) is 15.9 Å². The van der Waals surface area contributed by atoms with Crippen molar-refractivity contribution in [3.63, 3.8) is 0 Å². The monoisotopic (exact) mass is 388 g/mol. The maximum atomic E-state index is 12.8. The average molecular weight is 389 g/mol. The fourth-order valence-electron chi connectivity index (χ4n) is 2.87. The van der Waals surface area contributed by atoms with Gasteiger partial charge in [-0.1, -0.05) is 25.4 Å². The highest BCUT2D eigenvalue weighted by atomic mass is 35.5. The molecule has 8 heteroatoms. The van der Waals surface area contributed by atoms with Crippen molar-refractivity contribution in [3.05, 3.63) is 23.2 Å². The van der Waals surface area contributed by atoms with Crippen molar-refractivity contribution in [1.82, 2.24) is 9.62 Å². The van der Waals surface area contributed by atoms with Crippen molar-refractivity contribution in [2.45, 2.75) is 44.0 Å². The number of methoxy groups -OCH3 is 1. The molecule has 0 aromatic heterocycles. The van der Waals surface area contributed by atoms with E-state index in [4.69, 9.17) is 16.3 Å². The van der Waals surface area contributed by atoms with E-state index >= 15 is 0 Å². The van der Waals surface area contributed by atoms with Crippen LogP contribution in [-0.2, 0) is 14.8 Å². The Hall–Kier alpha value is -1.31. The molecule has 0 spiro atoms. The summed E-state index contributed by atoms with van der Waals surface area (Å²) in [6, 6.07) is 3.55. The molecule has 1 aliphatic heterocycles. The fourth-order valence-corrected chi connectivity index (χ4v) is 4.64. The first kappa shape index (κ1) is 20.0. The Morgan fingerprint density at radius 3 is 2.44 bits per heavy atom. The zero-order chi connectivity index (χ0) is 18.6. The largest absolute Gasteiger partial charge is 0.495 e. The summed E-state index contributed by atoms with van der Waals surface area (Å²) < 4.78 is 33.4. The van der Waals surface area contributed by atoms with Gasteiger partial charge in [-0.25, -0.2) is 8.42 Å². The molecule has 0 aliphatic carbocycles. The molecule has 6 nitrogen and oxygen atoms in total. The Morgan fingerprint density at radius 2 is 1.88 bits per heavy atom. The predicted molar refractivity (Wildman–Crippen MR) is 97.4 cm³/mol. The molecule has 140 valence electrons. The number of sulfonamides is 1. The summed E-state index contributed by atoms with van der Waals surface area (Å²) in [5.41, 5.74) is 0. The van der Waals surface area contributed by atoms with Crippen molar-refractivity contribution < 1.29 is 17.9 Å². The number of benzene rings is 1. The van der Waals surface area contributed by atoms with Crippen molar-refractivity contribution in [1.29, 1.82) is 0 Å². The number of nitrogens with zero attached hydrogens (tertiary/aromatic N) is 1. The Morgan fingerprint density at radius 1 is 1.24 bits per heavy atom. The van der Waals surface area contributed by atoms with Crippen LogP contribution in [0.1, 0.15) is 33.1 Å². The van der Waals surface area contributed by atoms with E-state index in [1.807, 2.05) is 13.8 Å². The van der Waals surface area contributed by atoms with Crippen LogP contribution in [0.5, 0.6) is 5.75 Å². The van der Waals surface area contributed by atoms with E-state index in [9.17, 15) is 13.2 Å². The molecule has 1 aromatic carbocycles. The Balaban J connectivity index is 2.29. The van der Waals surface area contributed by atoms with Gasteiger partial charge in [0.05, 0.1) is 7.11 Å². The van der Waals surface area contributed by atoms with Gasteiger partial charge >= 0.3 is 0 Å². The number of ether oxygens (including phenoxy) is 1. The molecular weight excluding hydrogens is 364 g/mol. The minimum atomic E-state index is -3.96. The summed E-state index contributed by atoms with van der Waals surface area (Å²) in [6.45, 7) is 4.99. The average Bonchev–Trinajstić information content (AvgIpc) is 2.59. The maximum absolute atomic E-state index is 12.8. The van der Waals surface area contributed by atoms with Crippen LogP contribution in [0, 0.1) is 5.92 Å². The third kappa shape index (κ3) is 4.86. The minimum Gasteiger partial charge on any atom is -0.495 e. The van der Waals surface area contributed by atoms with Gasteiger partial charge in [-0.15, -0.1) is 0 Å². The second-order valence-corrected chi connectivity index (χ2v) is 8.64. The number of hydrogen-bond acceptors (Lipinski definition) is 4. The first-order valence-electron chi connectivity index (χ1n) is 8.41. The lowest BCUT2D eigenvalue weighted by atomic mass is 10.0. The van der Waals surface area contributed by atoms with Gasteiger partial charge in [0.25, 0.3) is 0 Å². The van der Waals surface area contributed by atoms with Crippen LogP contribution < -0.4 is 9.46 Å². The lowest BCUT2D eigenvalue weighted by molar-refractivity contribution is -0.134. The maximum Gasteiger partial charge on any atom is 0.245 e. The summed E-state index contributed by atoms with van der Waals surface area (Å²) in [5.74, 6) is -0.182. The van der Waals surface area contributed by atoms with E-state index in [0.717, 1.165) is 19.3 Å². The van der Waals surface area contributed by atoms with Crippen LogP contribution in [0.25, 0.3) is 0 Å². The molecule has 0 saturated carbocycles. The topological polar surface area (TPSA) is 75.7 Å². The van der Waals surface area contributed by atoms with Crippen molar-refractivity contribution in [2.75, 3.05) is 20.2 Å². The Bertz CT molecular complexity index is 715. The number of halogens is 1.